The van der Waals surface area contributed by atoms with Gasteiger partial charge in [-0.05, 0) is 19.5 Å². The summed E-state index contributed by atoms with van der Waals surface area (Å²) in [6, 6.07) is 0. The lowest BCUT2D eigenvalue weighted by molar-refractivity contribution is 0.171. The lowest BCUT2D eigenvalue weighted by atomic mass is 9.81. The van der Waals surface area contributed by atoms with Crippen molar-refractivity contribution in [3.8, 4) is 0 Å². The van der Waals surface area contributed by atoms with Crippen LogP contribution < -0.4 is 5.32 Å². The summed E-state index contributed by atoms with van der Waals surface area (Å²) in [7, 11) is 0. The molecule has 2 heteroatoms. The quantitative estimate of drug-likeness (QED) is 0.722. The minimum atomic E-state index is 0.704. The average molecular weight is 214 g/mol. The third kappa shape index (κ3) is 4.52. The number of nitrogens with zero attached hydrogens (tertiary/aromatic N) is 1. The zero-order valence-corrected chi connectivity index (χ0v) is 11.4. The van der Waals surface area contributed by atoms with Crippen LogP contribution in [0.4, 0.5) is 0 Å². The maximum absolute atomic E-state index is 3.36. The van der Waals surface area contributed by atoms with E-state index in [9.17, 15) is 0 Å². The van der Waals surface area contributed by atoms with Gasteiger partial charge >= 0.3 is 0 Å². The molecular formula is C13H30N2. The molecule has 1 N–H and O–H groups in total. The van der Waals surface area contributed by atoms with Crippen LogP contribution in [0.3, 0.4) is 0 Å². The summed E-state index contributed by atoms with van der Waals surface area (Å²) in [5, 5.41) is 3.36. The topological polar surface area (TPSA) is 15.3 Å². The second-order valence-electron chi connectivity index (χ2n) is 4.43. The van der Waals surface area contributed by atoms with E-state index in [1.165, 1.54) is 45.6 Å². The molecule has 0 unspecified atom stereocenters. The molecule has 0 atom stereocenters. The lowest BCUT2D eigenvalue weighted by Crippen LogP contribution is -2.54. The third-order valence-electron chi connectivity index (χ3n) is 2.96. The second-order valence-corrected chi connectivity index (χ2v) is 4.43. The van der Waals surface area contributed by atoms with E-state index >= 15 is 0 Å². The van der Waals surface area contributed by atoms with Gasteiger partial charge in [-0.15, -0.1) is 0 Å². The van der Waals surface area contributed by atoms with Crippen LogP contribution in [-0.2, 0) is 0 Å². The molecule has 0 aromatic rings. The zero-order valence-electron chi connectivity index (χ0n) is 11.4. The summed E-state index contributed by atoms with van der Waals surface area (Å²) in [6.45, 7) is 17.0. The number of likely N-dealkylation sites (tertiary alicyclic amines) is 1. The van der Waals surface area contributed by atoms with Crippen LogP contribution >= 0.6 is 0 Å². The monoisotopic (exact) mass is 214 g/mol. The molecule has 0 aromatic heterocycles. The number of hydrogen-bond donors (Lipinski definition) is 1. The minimum Gasteiger partial charge on any atom is -0.315 e. The van der Waals surface area contributed by atoms with Crippen molar-refractivity contribution in [3.63, 3.8) is 0 Å². The first-order valence-electron chi connectivity index (χ1n) is 6.69. The first-order valence-corrected chi connectivity index (χ1v) is 6.69. The molecule has 2 rings (SSSR count). The molecule has 2 fully saturated rings. The van der Waals surface area contributed by atoms with Gasteiger partial charge in [0.1, 0.15) is 0 Å². The minimum absolute atomic E-state index is 0.704. The highest BCUT2D eigenvalue weighted by Gasteiger charge is 2.42. The van der Waals surface area contributed by atoms with Crippen LogP contribution in [0.1, 0.15) is 47.5 Å². The Hall–Kier alpha value is -0.0800. The van der Waals surface area contributed by atoms with Crippen molar-refractivity contribution >= 4 is 0 Å². The van der Waals surface area contributed by atoms with Crippen LogP contribution in [0.15, 0.2) is 0 Å². The Bertz CT molecular complexity index is 141. The summed E-state index contributed by atoms with van der Waals surface area (Å²) >= 11 is 0. The maximum atomic E-state index is 3.36. The van der Waals surface area contributed by atoms with E-state index in [2.05, 4.69) is 31.0 Å². The largest absolute Gasteiger partial charge is 0.315 e. The fourth-order valence-corrected chi connectivity index (χ4v) is 2.06. The van der Waals surface area contributed by atoms with Crippen molar-refractivity contribution in [2.45, 2.75) is 47.5 Å². The molecule has 0 amide bonds. The average Bonchev–Trinajstić information content (AvgIpc) is 2.66. The van der Waals surface area contributed by atoms with E-state index in [4.69, 9.17) is 0 Å². The second kappa shape index (κ2) is 8.12. The van der Waals surface area contributed by atoms with Crippen LogP contribution in [0.2, 0.25) is 0 Å². The van der Waals surface area contributed by atoms with Crippen LogP contribution in [0.5, 0.6) is 0 Å². The molecule has 0 saturated carbocycles. The number of hydrogen-bond acceptors (Lipinski definition) is 2. The molecule has 2 aliphatic heterocycles. The molecule has 0 bridgehead atoms. The Kier molecular flexibility index (Phi) is 8.07. The van der Waals surface area contributed by atoms with Gasteiger partial charge in [0.25, 0.3) is 0 Å². The fourth-order valence-electron chi connectivity index (χ4n) is 2.06. The van der Waals surface area contributed by atoms with Crippen molar-refractivity contribution in [3.05, 3.63) is 0 Å². The Morgan fingerprint density at radius 1 is 1.13 bits per heavy atom. The Labute approximate surface area is 96.4 Å². The Balaban J connectivity index is 0.000000342. The van der Waals surface area contributed by atoms with E-state index in [1.54, 1.807) is 0 Å². The van der Waals surface area contributed by atoms with Crippen molar-refractivity contribution in [2.75, 3.05) is 32.7 Å². The lowest BCUT2D eigenvalue weighted by Gasteiger charge is -2.39. The molecule has 2 aliphatic rings. The van der Waals surface area contributed by atoms with Gasteiger partial charge < -0.3 is 10.2 Å². The highest BCUT2D eigenvalue weighted by molar-refractivity contribution is 4.98. The highest BCUT2D eigenvalue weighted by atomic mass is 15.2. The molecule has 0 aromatic carbocycles. The fraction of sp³-hybridized carbons (Fsp3) is 1.00. The smallest absolute Gasteiger partial charge is 0.00918 e. The summed E-state index contributed by atoms with van der Waals surface area (Å²) in [5.74, 6) is 0. The van der Waals surface area contributed by atoms with E-state index in [-0.39, 0.29) is 0 Å². The Morgan fingerprint density at radius 2 is 1.67 bits per heavy atom. The standard InChI is InChI=1S/C8H16N2.C3H8.C2H6/c1-2-10-4-3-8(7-10)5-9-6-8;1-3-2;1-2/h9H,2-7H2,1H3;3H2,1-2H3;1-2H3. The molecule has 2 heterocycles. The van der Waals surface area contributed by atoms with Gasteiger partial charge in [-0.25, -0.2) is 0 Å². The molecule has 0 aliphatic carbocycles. The van der Waals surface area contributed by atoms with Crippen LogP contribution in [0.25, 0.3) is 0 Å². The van der Waals surface area contributed by atoms with Gasteiger partial charge in [0.2, 0.25) is 0 Å². The zero-order chi connectivity index (χ0) is 11.7. The predicted molar refractivity (Wildman–Crippen MR) is 69.3 cm³/mol. The first kappa shape index (κ1) is 14.9. The van der Waals surface area contributed by atoms with Crippen molar-refractivity contribution in [1.29, 1.82) is 0 Å². The molecule has 92 valence electrons. The molecule has 0 radical (unpaired) electrons. The van der Waals surface area contributed by atoms with Crippen molar-refractivity contribution < 1.29 is 0 Å². The van der Waals surface area contributed by atoms with Gasteiger partial charge in [-0.1, -0.05) is 41.0 Å². The number of nitrogens with one attached hydrogen (secondary N) is 1. The molecular weight excluding hydrogens is 184 g/mol. The summed E-state index contributed by atoms with van der Waals surface area (Å²) in [4.78, 5) is 2.56. The van der Waals surface area contributed by atoms with E-state index in [0.29, 0.717) is 5.41 Å². The van der Waals surface area contributed by atoms with Gasteiger partial charge in [-0.3, -0.25) is 0 Å². The third-order valence-corrected chi connectivity index (χ3v) is 2.96. The predicted octanol–water partition coefficient (Wildman–Crippen LogP) is 2.74. The summed E-state index contributed by atoms with van der Waals surface area (Å²) in [5.41, 5.74) is 0.704. The Morgan fingerprint density at radius 3 is 1.87 bits per heavy atom. The molecule has 2 saturated heterocycles. The van der Waals surface area contributed by atoms with Gasteiger partial charge in [0.15, 0.2) is 0 Å². The molecule has 2 nitrogen and oxygen atoms in total. The van der Waals surface area contributed by atoms with Gasteiger partial charge in [0, 0.05) is 25.0 Å². The van der Waals surface area contributed by atoms with Gasteiger partial charge in [0.05, 0.1) is 0 Å². The highest BCUT2D eigenvalue weighted by Crippen LogP contribution is 2.33. The normalized spacial score (nSPS) is 22.2. The van der Waals surface area contributed by atoms with Crippen molar-refractivity contribution in [2.24, 2.45) is 5.41 Å². The first-order chi connectivity index (χ1) is 7.26. The van der Waals surface area contributed by atoms with E-state index in [1.807, 2.05) is 13.8 Å². The summed E-state index contributed by atoms with van der Waals surface area (Å²) in [6.07, 6.45) is 2.67. The van der Waals surface area contributed by atoms with Crippen LogP contribution in [-0.4, -0.2) is 37.6 Å². The van der Waals surface area contributed by atoms with Crippen LogP contribution in [0, 0.1) is 5.41 Å². The molecule has 15 heavy (non-hydrogen) atoms. The molecule has 1 spiro atoms. The summed E-state index contributed by atoms with van der Waals surface area (Å²) < 4.78 is 0. The SMILES string of the molecule is CC.CCC.CCN1CCC2(CNC2)C1. The maximum Gasteiger partial charge on any atom is 0.00918 e. The van der Waals surface area contributed by atoms with Gasteiger partial charge in [-0.2, -0.15) is 0 Å². The van der Waals surface area contributed by atoms with E-state index in [0.717, 1.165) is 0 Å². The van der Waals surface area contributed by atoms with E-state index < -0.39 is 0 Å². The van der Waals surface area contributed by atoms with Crippen molar-refractivity contribution in [1.82, 2.24) is 10.2 Å². The number of rotatable bonds is 1.